The Bertz CT molecular complexity index is 2740. The minimum Gasteiger partial charge on any atom is -0.247 e. The molecular formula is C41H19F4N5. The maximum atomic E-state index is 15.3. The maximum absolute atomic E-state index is 15.3. The van der Waals surface area contributed by atoms with Gasteiger partial charge in [-0.3, -0.25) is 0 Å². The van der Waals surface area contributed by atoms with Crippen LogP contribution in [0.1, 0.15) is 5.56 Å². The van der Waals surface area contributed by atoms with Gasteiger partial charge < -0.3 is 0 Å². The van der Waals surface area contributed by atoms with Crippen LogP contribution in [0.3, 0.4) is 0 Å². The number of para-hydroxylation sites is 1. The zero-order valence-electron chi connectivity index (χ0n) is 25.7. The van der Waals surface area contributed by atoms with Crippen molar-refractivity contribution in [2.24, 2.45) is 0 Å². The van der Waals surface area contributed by atoms with Crippen LogP contribution in [0.5, 0.6) is 0 Å². The number of nitriles is 1. The second-order valence-corrected chi connectivity index (χ2v) is 11.5. The predicted molar refractivity (Wildman–Crippen MR) is 185 cm³/mol. The Morgan fingerprint density at radius 2 is 1.10 bits per heavy atom. The van der Waals surface area contributed by atoms with E-state index in [0.717, 1.165) is 11.1 Å². The van der Waals surface area contributed by atoms with Gasteiger partial charge in [-0.15, -0.1) is 0 Å². The van der Waals surface area contributed by atoms with Gasteiger partial charge in [0, 0.05) is 27.5 Å². The van der Waals surface area contributed by atoms with Gasteiger partial charge in [-0.05, 0) is 29.1 Å². The molecule has 0 amide bonds. The minimum absolute atomic E-state index is 0.184. The number of fused-ring (bicyclic) bond motifs is 5. The van der Waals surface area contributed by atoms with Crippen molar-refractivity contribution in [1.29, 1.82) is 5.26 Å². The first kappa shape index (κ1) is 30.4. The van der Waals surface area contributed by atoms with Gasteiger partial charge in [-0.2, -0.15) is 5.26 Å². The van der Waals surface area contributed by atoms with Gasteiger partial charge in [-0.1, -0.05) is 97.1 Å². The van der Waals surface area contributed by atoms with E-state index in [9.17, 15) is 8.78 Å². The minimum atomic E-state index is -1.79. The van der Waals surface area contributed by atoms with Crippen LogP contribution >= 0.6 is 0 Å². The molecule has 0 aliphatic carbocycles. The number of halogens is 4. The third kappa shape index (κ3) is 4.72. The van der Waals surface area contributed by atoms with Crippen LogP contribution in [0.4, 0.5) is 23.2 Å². The first-order chi connectivity index (χ1) is 24.4. The number of benzene rings is 6. The summed E-state index contributed by atoms with van der Waals surface area (Å²) in [5, 5.41) is 10.8. The van der Waals surface area contributed by atoms with Crippen molar-refractivity contribution in [3.8, 4) is 51.0 Å². The lowest BCUT2D eigenvalue weighted by molar-refractivity contribution is 0.454. The Morgan fingerprint density at radius 3 is 1.74 bits per heavy atom. The Kier molecular flexibility index (Phi) is 7.24. The third-order valence-electron chi connectivity index (χ3n) is 8.60. The van der Waals surface area contributed by atoms with Crippen LogP contribution in [0.25, 0.3) is 82.5 Å². The van der Waals surface area contributed by atoms with Crippen LogP contribution in [0.15, 0.2) is 115 Å². The number of rotatable bonds is 4. The molecule has 0 radical (unpaired) electrons. The molecular weight excluding hydrogens is 638 g/mol. The third-order valence-corrected chi connectivity index (χ3v) is 8.60. The van der Waals surface area contributed by atoms with Crippen molar-refractivity contribution in [3.63, 3.8) is 0 Å². The molecule has 50 heavy (non-hydrogen) atoms. The normalized spacial score (nSPS) is 11.2. The zero-order chi connectivity index (χ0) is 34.5. The molecule has 8 rings (SSSR count). The van der Waals surface area contributed by atoms with Crippen molar-refractivity contribution in [1.82, 2.24) is 15.0 Å². The van der Waals surface area contributed by atoms with E-state index in [1.807, 2.05) is 72.8 Å². The van der Waals surface area contributed by atoms with E-state index in [2.05, 4.69) is 4.85 Å². The molecule has 0 atom stereocenters. The van der Waals surface area contributed by atoms with Crippen LogP contribution < -0.4 is 0 Å². The molecule has 0 aliphatic heterocycles. The molecule has 2 aromatic heterocycles. The van der Waals surface area contributed by atoms with Crippen LogP contribution in [-0.4, -0.2) is 15.0 Å². The smallest absolute Gasteiger partial charge is 0.197 e. The van der Waals surface area contributed by atoms with Gasteiger partial charge in [0.2, 0.25) is 0 Å². The van der Waals surface area contributed by atoms with Gasteiger partial charge in [0.15, 0.2) is 29.0 Å². The van der Waals surface area contributed by atoms with E-state index in [0.29, 0.717) is 55.4 Å². The summed E-state index contributed by atoms with van der Waals surface area (Å²) in [5.74, 6) is -6.96. The highest BCUT2D eigenvalue weighted by Gasteiger charge is 2.27. The molecule has 2 heterocycles. The summed E-state index contributed by atoms with van der Waals surface area (Å²) in [4.78, 5) is 19.2. The van der Waals surface area contributed by atoms with Gasteiger partial charge >= 0.3 is 0 Å². The number of hydrogen-bond acceptors (Lipinski definition) is 4. The lowest BCUT2D eigenvalue weighted by Gasteiger charge is -2.17. The standard InChI is InChI=1S/C41H19F4N5/c1-47-29-20-30-41(50-40(23-13-6-3-7-14-23)39(49-30)22-11-4-2-5-12-22)33-32(29)26-17-8-9-18-28(26)48-38(33)25-16-10-15-24(19-25)31-36(44)34(42)27(21-46)35(43)37(31)45/h2-20H. The zero-order valence-corrected chi connectivity index (χ0v) is 25.7. The molecule has 0 saturated heterocycles. The molecule has 236 valence electrons. The van der Waals surface area contributed by atoms with Crippen molar-refractivity contribution in [3.05, 3.63) is 156 Å². The molecule has 0 saturated carbocycles. The molecule has 8 aromatic rings. The van der Waals surface area contributed by atoms with E-state index < -0.39 is 34.4 Å². The first-order valence-electron chi connectivity index (χ1n) is 15.3. The fourth-order valence-electron chi connectivity index (χ4n) is 6.34. The summed E-state index contributed by atoms with van der Waals surface area (Å²) in [6.07, 6.45) is 0. The van der Waals surface area contributed by atoms with Crippen molar-refractivity contribution in [2.45, 2.75) is 0 Å². The molecule has 0 spiro atoms. The van der Waals surface area contributed by atoms with Gasteiger partial charge in [-0.25, -0.2) is 37.4 Å². The summed E-state index contributed by atoms with van der Waals surface area (Å²) in [6.45, 7) is 8.19. The van der Waals surface area contributed by atoms with Crippen LogP contribution in [0, 0.1) is 41.2 Å². The number of pyridine rings is 1. The number of nitrogens with zero attached hydrogens (tertiary/aromatic N) is 5. The fraction of sp³-hybridized carbons (Fsp3) is 0. The average molecular weight is 658 g/mol. The summed E-state index contributed by atoms with van der Waals surface area (Å²) in [6, 6.07) is 35.0. The second kappa shape index (κ2) is 11.9. The topological polar surface area (TPSA) is 66.8 Å². The molecule has 9 heteroatoms. The summed E-state index contributed by atoms with van der Waals surface area (Å²) in [7, 11) is 0. The van der Waals surface area contributed by atoms with E-state index in [-0.39, 0.29) is 11.3 Å². The monoisotopic (exact) mass is 657 g/mol. The molecule has 0 fully saturated rings. The van der Waals surface area contributed by atoms with Crippen LogP contribution in [-0.2, 0) is 0 Å². The Morgan fingerprint density at radius 1 is 0.540 bits per heavy atom. The summed E-state index contributed by atoms with van der Waals surface area (Å²) in [5.41, 5.74) is 2.64. The van der Waals surface area contributed by atoms with E-state index in [4.69, 9.17) is 26.8 Å². The molecule has 0 N–H and O–H groups in total. The van der Waals surface area contributed by atoms with Crippen molar-refractivity contribution in [2.75, 3.05) is 0 Å². The average Bonchev–Trinajstić information content (AvgIpc) is 3.17. The SMILES string of the molecule is [C-]#[N+]c1cc2nc(-c3ccccc3)c(-c3ccccc3)nc2c2c(-c3cccc(-c4c(F)c(F)c(C#N)c(F)c4F)c3)nc3ccccc3c12. The molecule has 0 bridgehead atoms. The lowest BCUT2D eigenvalue weighted by Crippen LogP contribution is -2.04. The fourth-order valence-corrected chi connectivity index (χ4v) is 6.34. The van der Waals surface area contributed by atoms with Crippen molar-refractivity contribution < 1.29 is 17.6 Å². The first-order valence-corrected chi connectivity index (χ1v) is 15.3. The predicted octanol–water partition coefficient (Wildman–Crippen LogP) is 11.0. The number of aromatic nitrogens is 3. The quantitative estimate of drug-likeness (QED) is 0.0818. The highest BCUT2D eigenvalue weighted by atomic mass is 19.2. The van der Waals surface area contributed by atoms with E-state index in [1.165, 1.54) is 24.3 Å². The Balaban J connectivity index is 1.51. The second-order valence-electron chi connectivity index (χ2n) is 11.5. The van der Waals surface area contributed by atoms with Gasteiger partial charge in [0.05, 0.1) is 45.8 Å². The molecule has 5 nitrogen and oxygen atoms in total. The molecule has 6 aromatic carbocycles. The Labute approximate surface area is 282 Å². The highest BCUT2D eigenvalue weighted by molar-refractivity contribution is 6.24. The van der Waals surface area contributed by atoms with E-state index >= 15 is 8.78 Å². The largest absolute Gasteiger partial charge is 0.247 e. The van der Waals surface area contributed by atoms with Crippen LogP contribution in [0.2, 0.25) is 0 Å². The van der Waals surface area contributed by atoms with Gasteiger partial charge in [0.25, 0.3) is 0 Å². The maximum Gasteiger partial charge on any atom is 0.197 e. The highest BCUT2D eigenvalue weighted by Crippen LogP contribution is 2.44. The van der Waals surface area contributed by atoms with Crippen molar-refractivity contribution >= 4 is 38.4 Å². The van der Waals surface area contributed by atoms with Gasteiger partial charge in [0.1, 0.15) is 11.6 Å². The summed E-state index contributed by atoms with van der Waals surface area (Å²) < 4.78 is 60.0. The summed E-state index contributed by atoms with van der Waals surface area (Å²) >= 11 is 0. The lowest BCUT2D eigenvalue weighted by atomic mass is 9.94. The Hall–Kier alpha value is -6.97. The molecule has 0 unspecified atom stereocenters. The number of hydrogen-bond donors (Lipinski definition) is 0. The molecule has 0 aliphatic rings. The van der Waals surface area contributed by atoms with E-state index in [1.54, 1.807) is 24.3 Å².